The predicted octanol–water partition coefficient (Wildman–Crippen LogP) is 2.90. The molecule has 0 aromatic rings. The van der Waals surface area contributed by atoms with Gasteiger partial charge in [0.25, 0.3) is 0 Å². The van der Waals surface area contributed by atoms with Crippen LogP contribution >= 0.6 is 0 Å². The third kappa shape index (κ3) is 2.43. The van der Waals surface area contributed by atoms with Gasteiger partial charge in [-0.25, -0.2) is 0 Å². The van der Waals surface area contributed by atoms with Gasteiger partial charge in [-0.15, -0.1) is 0 Å². The van der Waals surface area contributed by atoms with E-state index in [-0.39, 0.29) is 0 Å². The van der Waals surface area contributed by atoms with E-state index in [2.05, 4.69) is 30.1 Å². The molecule has 0 spiro atoms. The first-order valence-corrected chi connectivity index (χ1v) is 7.29. The monoisotopic (exact) mass is 264 g/mol. The first-order valence-electron chi connectivity index (χ1n) is 4.32. The van der Waals surface area contributed by atoms with Crippen LogP contribution in [0, 0.1) is 0 Å². The van der Waals surface area contributed by atoms with E-state index < -0.39 is 15.5 Å². The molecule has 0 saturated carbocycles. The van der Waals surface area contributed by atoms with Crippen LogP contribution in [0.15, 0.2) is 34.5 Å². The second kappa shape index (κ2) is 5.22. The molecule has 0 atom stereocenters. The van der Waals surface area contributed by atoms with Gasteiger partial charge in [0.1, 0.15) is 0 Å². The molecule has 1 nitrogen and oxygen atoms in total. The van der Waals surface area contributed by atoms with Crippen LogP contribution in [0.5, 0.6) is 0 Å². The Morgan fingerprint density at radius 3 is 3.08 bits per heavy atom. The molecule has 0 heterocycles. The second-order valence-electron chi connectivity index (χ2n) is 2.72. The summed E-state index contributed by atoms with van der Waals surface area (Å²) in [6.45, 7) is 5.82. The van der Waals surface area contributed by atoms with Gasteiger partial charge in [0, 0.05) is 0 Å². The molecule has 0 amide bonds. The van der Waals surface area contributed by atoms with E-state index in [4.69, 9.17) is 0 Å². The summed E-state index contributed by atoms with van der Waals surface area (Å²) in [7, 11) is 0. The summed E-state index contributed by atoms with van der Waals surface area (Å²) in [6.07, 6.45) is 8.16. The molecule has 0 aromatic heterocycles. The quantitative estimate of drug-likeness (QED) is 0.563. The molecule has 0 bridgehead atoms. The average molecular weight is 263 g/mol. The van der Waals surface area contributed by atoms with Crippen molar-refractivity contribution in [3.05, 3.63) is 34.5 Å². The molecule has 0 aliphatic heterocycles. The van der Waals surface area contributed by atoms with Gasteiger partial charge in [0.2, 0.25) is 0 Å². The number of hydrogen-bond donors (Lipinski definition) is 0. The molecule has 0 aromatic carbocycles. The third-order valence-corrected chi connectivity index (χ3v) is 5.74. The molecule has 1 aliphatic rings. The van der Waals surface area contributed by atoms with Crippen LogP contribution in [0.2, 0.25) is 5.02 Å². The summed E-state index contributed by atoms with van der Waals surface area (Å²) in [5.41, 5.74) is 1.36. The summed E-state index contributed by atoms with van der Waals surface area (Å²) in [6, 6.07) is 0. The standard InChI is InChI=1S/C7H9.C3H5.CO.Ru/c1-2-7-5-3-4-6-7;1-3-2;1-2;/h3,5H,2,4H2,1H3;3H,1-2H2;;. The van der Waals surface area contributed by atoms with E-state index in [0.717, 1.165) is 17.9 Å². The van der Waals surface area contributed by atoms with E-state index in [9.17, 15) is 4.79 Å². The fraction of sp³-hybridized carbons (Fsp3) is 0.364. The van der Waals surface area contributed by atoms with Gasteiger partial charge in [-0.1, -0.05) is 0 Å². The Balaban J connectivity index is 2.93. The number of carbonyl (C=O) groups excluding carboxylic acids is 1. The molecule has 0 radical (unpaired) electrons. The second-order valence-corrected chi connectivity index (χ2v) is 6.50. The molecular formula is C11H14ORu. The van der Waals surface area contributed by atoms with Crippen LogP contribution < -0.4 is 0 Å². The normalized spacial score (nSPS) is 15.9. The maximum absolute atomic E-state index is 10.8. The van der Waals surface area contributed by atoms with Crippen molar-refractivity contribution in [3.8, 4) is 0 Å². The van der Waals surface area contributed by atoms with Gasteiger partial charge in [-0.2, -0.15) is 0 Å². The van der Waals surface area contributed by atoms with Crippen molar-refractivity contribution in [1.82, 2.24) is 0 Å². The Labute approximate surface area is 84.3 Å². The summed E-state index contributed by atoms with van der Waals surface area (Å²) in [4.78, 5) is 10.8. The summed E-state index contributed by atoms with van der Waals surface area (Å²) >= 11 is -1.49. The summed E-state index contributed by atoms with van der Waals surface area (Å²) < 4.78 is 3.61. The van der Waals surface area contributed by atoms with Crippen LogP contribution in [0.3, 0.4) is 0 Å². The zero-order chi connectivity index (χ0) is 9.68. The van der Waals surface area contributed by atoms with Crippen molar-refractivity contribution in [2.24, 2.45) is 0 Å². The van der Waals surface area contributed by atoms with Crippen molar-refractivity contribution in [1.29, 1.82) is 0 Å². The minimum atomic E-state index is -1.49. The summed E-state index contributed by atoms with van der Waals surface area (Å²) in [5.74, 6) is 0. The Bertz CT molecular complexity index is 317. The zero-order valence-electron chi connectivity index (χ0n) is 7.82. The van der Waals surface area contributed by atoms with Crippen LogP contribution in [-0.4, -0.2) is 4.47 Å². The summed E-state index contributed by atoms with van der Waals surface area (Å²) in [5, 5.41) is 0.856. The van der Waals surface area contributed by atoms with Crippen molar-refractivity contribution >= 4 is 4.47 Å². The van der Waals surface area contributed by atoms with Crippen molar-refractivity contribution < 1.29 is 20.3 Å². The molecule has 72 valence electrons. The number of rotatable bonds is 4. The van der Waals surface area contributed by atoms with Crippen molar-refractivity contribution in [2.45, 2.75) is 24.8 Å². The van der Waals surface area contributed by atoms with Gasteiger partial charge in [0.15, 0.2) is 0 Å². The first kappa shape index (κ1) is 10.5. The fourth-order valence-electron chi connectivity index (χ4n) is 1.31. The zero-order valence-corrected chi connectivity index (χ0v) is 9.56. The van der Waals surface area contributed by atoms with E-state index in [1.165, 1.54) is 9.74 Å². The molecule has 0 N–H and O–H groups in total. The first-order chi connectivity index (χ1) is 6.33. The van der Waals surface area contributed by atoms with E-state index in [1.54, 1.807) is 0 Å². The van der Waals surface area contributed by atoms with Gasteiger partial charge >= 0.3 is 84.1 Å². The Morgan fingerprint density at radius 2 is 2.54 bits per heavy atom. The molecule has 0 saturated heterocycles. The van der Waals surface area contributed by atoms with E-state index >= 15 is 0 Å². The minimum absolute atomic E-state index is 0.856. The Kier molecular flexibility index (Phi) is 4.22. The average Bonchev–Trinajstić information content (AvgIpc) is 2.61. The predicted molar refractivity (Wildman–Crippen MR) is 51.8 cm³/mol. The molecule has 1 rings (SSSR count). The molecule has 0 fully saturated rings. The van der Waals surface area contributed by atoms with E-state index in [0.29, 0.717) is 0 Å². The third-order valence-electron chi connectivity index (χ3n) is 1.92. The fourth-order valence-corrected chi connectivity index (χ4v) is 4.36. The number of allylic oxidation sites excluding steroid dienone is 5. The van der Waals surface area contributed by atoms with E-state index in [1.807, 2.05) is 6.08 Å². The van der Waals surface area contributed by atoms with Crippen molar-refractivity contribution in [3.63, 3.8) is 0 Å². The Morgan fingerprint density at radius 1 is 1.77 bits per heavy atom. The van der Waals surface area contributed by atoms with Crippen LogP contribution in [-0.2, 0) is 20.3 Å². The van der Waals surface area contributed by atoms with Gasteiger partial charge in [-0.05, 0) is 0 Å². The molecule has 13 heavy (non-hydrogen) atoms. The maximum atomic E-state index is 10.8. The van der Waals surface area contributed by atoms with Crippen molar-refractivity contribution in [2.75, 3.05) is 0 Å². The van der Waals surface area contributed by atoms with Crippen LogP contribution in [0.1, 0.15) is 19.8 Å². The molecule has 2 heteroatoms. The molecular weight excluding hydrogens is 249 g/mol. The number of hydrogen-bond acceptors (Lipinski definition) is 1. The SMILES string of the molecule is C=C[CH2][Ru](=[C]=O)[C]1=C(CC)C=CC1. The molecule has 1 aliphatic carbocycles. The topological polar surface area (TPSA) is 17.1 Å². The van der Waals surface area contributed by atoms with Gasteiger partial charge in [0.05, 0.1) is 0 Å². The molecule has 0 unspecified atom stereocenters. The van der Waals surface area contributed by atoms with Gasteiger partial charge in [-0.3, -0.25) is 0 Å². The van der Waals surface area contributed by atoms with Crippen LogP contribution in [0.4, 0.5) is 0 Å². The van der Waals surface area contributed by atoms with Crippen LogP contribution in [0.25, 0.3) is 0 Å². The Hall–Kier alpha value is -0.577. The van der Waals surface area contributed by atoms with Gasteiger partial charge < -0.3 is 0 Å².